The number of ether oxygens (including phenoxy) is 1. The minimum Gasteiger partial charge on any atom is -0.376 e. The molecule has 3 heterocycles. The van der Waals surface area contributed by atoms with Crippen LogP contribution in [0.15, 0.2) is 24.5 Å². The van der Waals surface area contributed by atoms with Crippen LogP contribution in [0.5, 0.6) is 0 Å². The van der Waals surface area contributed by atoms with Gasteiger partial charge in [-0.3, -0.25) is 0 Å². The lowest BCUT2D eigenvalue weighted by atomic mass is 10.1. The Hall–Kier alpha value is -2.28. The summed E-state index contributed by atoms with van der Waals surface area (Å²) in [6.07, 6.45) is 3.31. The van der Waals surface area contributed by atoms with Gasteiger partial charge in [0.05, 0.1) is 30.0 Å². The van der Waals surface area contributed by atoms with E-state index >= 15 is 0 Å². The van der Waals surface area contributed by atoms with Crippen LogP contribution in [-0.2, 0) is 11.3 Å². The maximum Gasteiger partial charge on any atom is 0.179 e. The molecule has 0 unspecified atom stereocenters. The van der Waals surface area contributed by atoms with E-state index in [-0.39, 0.29) is 0 Å². The highest BCUT2D eigenvalue weighted by Crippen LogP contribution is 2.22. The number of imidazole rings is 1. The molecule has 1 atom stereocenters. The van der Waals surface area contributed by atoms with Gasteiger partial charge < -0.3 is 9.30 Å². The summed E-state index contributed by atoms with van der Waals surface area (Å²) < 4.78 is 7.58. The predicted octanol–water partition coefficient (Wildman–Crippen LogP) is 1.01. The molecule has 0 aliphatic carbocycles. The SMILES string of the molecule is c1cc2c(cc1-c1nnn[nH]1)ncn2C[C@@H]1CCO1. The molecule has 1 saturated heterocycles. The van der Waals surface area contributed by atoms with Gasteiger partial charge in [0.2, 0.25) is 0 Å². The van der Waals surface area contributed by atoms with E-state index in [9.17, 15) is 0 Å². The Kier molecular flexibility index (Phi) is 2.31. The zero-order chi connectivity index (χ0) is 12.7. The molecule has 2 aromatic heterocycles. The molecular weight excluding hydrogens is 244 g/mol. The summed E-state index contributed by atoms with van der Waals surface area (Å²) in [5.41, 5.74) is 2.97. The number of aromatic amines is 1. The Morgan fingerprint density at radius 3 is 3.11 bits per heavy atom. The highest BCUT2D eigenvalue weighted by Gasteiger charge is 2.19. The fraction of sp³-hybridized carbons (Fsp3) is 0.333. The number of hydrogen-bond donors (Lipinski definition) is 1. The summed E-state index contributed by atoms with van der Waals surface area (Å²) in [7, 11) is 0. The van der Waals surface area contributed by atoms with Crippen molar-refractivity contribution in [2.45, 2.75) is 19.1 Å². The monoisotopic (exact) mass is 256 g/mol. The van der Waals surface area contributed by atoms with Crippen LogP contribution < -0.4 is 0 Å². The number of benzene rings is 1. The predicted molar refractivity (Wildman–Crippen MR) is 67.3 cm³/mol. The van der Waals surface area contributed by atoms with Crippen molar-refractivity contribution >= 4 is 11.0 Å². The van der Waals surface area contributed by atoms with Gasteiger partial charge in [0.25, 0.3) is 0 Å². The van der Waals surface area contributed by atoms with Crippen molar-refractivity contribution in [3.63, 3.8) is 0 Å². The number of rotatable bonds is 3. The minimum atomic E-state index is 0.329. The Bertz CT molecular complexity index is 700. The molecule has 7 heteroatoms. The van der Waals surface area contributed by atoms with E-state index < -0.39 is 0 Å². The van der Waals surface area contributed by atoms with Crippen LogP contribution in [0.3, 0.4) is 0 Å². The Morgan fingerprint density at radius 2 is 2.37 bits per heavy atom. The molecule has 4 rings (SSSR count). The first-order chi connectivity index (χ1) is 9.40. The summed E-state index contributed by atoms with van der Waals surface area (Å²) in [6.45, 7) is 1.74. The van der Waals surface area contributed by atoms with Gasteiger partial charge in [-0.15, -0.1) is 5.10 Å². The van der Waals surface area contributed by atoms with E-state index in [2.05, 4.69) is 30.2 Å². The van der Waals surface area contributed by atoms with Gasteiger partial charge in [-0.05, 0) is 35.0 Å². The van der Waals surface area contributed by atoms with Crippen LogP contribution in [0, 0.1) is 0 Å². The van der Waals surface area contributed by atoms with E-state index in [1.54, 1.807) is 0 Å². The zero-order valence-electron chi connectivity index (χ0n) is 10.2. The molecule has 1 aliphatic heterocycles. The number of nitrogens with zero attached hydrogens (tertiary/aromatic N) is 5. The number of nitrogens with one attached hydrogen (secondary N) is 1. The van der Waals surface area contributed by atoms with E-state index in [1.807, 2.05) is 24.5 Å². The van der Waals surface area contributed by atoms with Crippen molar-refractivity contribution in [1.82, 2.24) is 30.2 Å². The van der Waals surface area contributed by atoms with Gasteiger partial charge in [-0.1, -0.05) is 0 Å². The third-order valence-corrected chi connectivity index (χ3v) is 3.43. The first-order valence-corrected chi connectivity index (χ1v) is 6.21. The van der Waals surface area contributed by atoms with Crippen LogP contribution >= 0.6 is 0 Å². The van der Waals surface area contributed by atoms with Gasteiger partial charge in [0, 0.05) is 12.2 Å². The zero-order valence-corrected chi connectivity index (χ0v) is 10.2. The number of aromatic nitrogens is 6. The fourth-order valence-electron chi connectivity index (χ4n) is 2.29. The van der Waals surface area contributed by atoms with Crippen LogP contribution in [0.2, 0.25) is 0 Å². The molecular formula is C12H12N6O. The fourth-order valence-corrected chi connectivity index (χ4v) is 2.29. The van der Waals surface area contributed by atoms with Crippen molar-refractivity contribution in [2.75, 3.05) is 6.61 Å². The average molecular weight is 256 g/mol. The lowest BCUT2D eigenvalue weighted by Gasteiger charge is -2.26. The molecule has 0 radical (unpaired) electrons. The highest BCUT2D eigenvalue weighted by atomic mass is 16.5. The van der Waals surface area contributed by atoms with Gasteiger partial charge >= 0.3 is 0 Å². The van der Waals surface area contributed by atoms with Gasteiger partial charge in [-0.2, -0.15) is 0 Å². The van der Waals surface area contributed by atoms with Crippen LogP contribution in [-0.4, -0.2) is 42.9 Å². The molecule has 19 heavy (non-hydrogen) atoms. The average Bonchev–Trinajstić information content (AvgIpc) is 3.03. The van der Waals surface area contributed by atoms with Gasteiger partial charge in [0.15, 0.2) is 5.82 Å². The second-order valence-electron chi connectivity index (χ2n) is 4.63. The lowest BCUT2D eigenvalue weighted by Crippen LogP contribution is -2.30. The van der Waals surface area contributed by atoms with Crippen LogP contribution in [0.4, 0.5) is 0 Å². The van der Waals surface area contributed by atoms with Gasteiger partial charge in [0.1, 0.15) is 0 Å². The second-order valence-corrected chi connectivity index (χ2v) is 4.63. The summed E-state index contributed by atoms with van der Waals surface area (Å²) in [5, 5.41) is 13.8. The van der Waals surface area contributed by atoms with Crippen molar-refractivity contribution in [1.29, 1.82) is 0 Å². The topological polar surface area (TPSA) is 81.5 Å². The van der Waals surface area contributed by atoms with E-state index in [4.69, 9.17) is 4.74 Å². The molecule has 1 aromatic carbocycles. The summed E-state index contributed by atoms with van der Waals surface area (Å²) >= 11 is 0. The molecule has 3 aromatic rings. The van der Waals surface area contributed by atoms with Crippen molar-refractivity contribution < 1.29 is 4.74 Å². The third kappa shape index (κ3) is 1.78. The van der Waals surface area contributed by atoms with Crippen molar-refractivity contribution in [3.05, 3.63) is 24.5 Å². The number of hydrogen-bond acceptors (Lipinski definition) is 5. The summed E-state index contributed by atoms with van der Waals surface area (Å²) in [6, 6.07) is 6.01. The minimum absolute atomic E-state index is 0.329. The van der Waals surface area contributed by atoms with E-state index in [1.165, 1.54) is 0 Å². The van der Waals surface area contributed by atoms with Crippen LogP contribution in [0.1, 0.15) is 6.42 Å². The Morgan fingerprint density at radius 1 is 1.42 bits per heavy atom. The maximum absolute atomic E-state index is 5.46. The molecule has 1 fully saturated rings. The Labute approximate surface area is 108 Å². The first kappa shape index (κ1) is 10.6. The van der Waals surface area contributed by atoms with Crippen molar-refractivity contribution in [2.24, 2.45) is 0 Å². The molecule has 0 spiro atoms. The molecule has 96 valence electrons. The lowest BCUT2D eigenvalue weighted by molar-refractivity contribution is -0.0586. The standard InChI is InChI=1S/C12H12N6O/c1-2-11-10(5-8(1)12-14-16-17-15-12)13-7-18(11)6-9-3-4-19-9/h1-2,5,7,9H,3-4,6H2,(H,14,15,16,17)/t9-/m0/s1. The second kappa shape index (κ2) is 4.13. The van der Waals surface area contributed by atoms with Gasteiger partial charge in [-0.25, -0.2) is 10.1 Å². The first-order valence-electron chi connectivity index (χ1n) is 6.21. The Balaban J connectivity index is 1.71. The molecule has 0 amide bonds. The largest absolute Gasteiger partial charge is 0.376 e. The third-order valence-electron chi connectivity index (χ3n) is 3.43. The number of fused-ring (bicyclic) bond motifs is 1. The molecule has 1 aliphatic rings. The molecule has 0 bridgehead atoms. The summed E-state index contributed by atoms with van der Waals surface area (Å²) in [5.74, 6) is 0.652. The van der Waals surface area contributed by atoms with E-state index in [0.29, 0.717) is 11.9 Å². The quantitative estimate of drug-likeness (QED) is 0.756. The molecule has 7 nitrogen and oxygen atoms in total. The number of H-pyrrole nitrogens is 1. The van der Waals surface area contributed by atoms with Crippen LogP contribution in [0.25, 0.3) is 22.4 Å². The molecule has 0 saturated carbocycles. The normalized spacial score (nSPS) is 18.6. The smallest absolute Gasteiger partial charge is 0.179 e. The summed E-state index contributed by atoms with van der Waals surface area (Å²) in [4.78, 5) is 4.43. The van der Waals surface area contributed by atoms with Crippen molar-refractivity contribution in [3.8, 4) is 11.4 Å². The maximum atomic E-state index is 5.46. The molecule has 1 N–H and O–H groups in total. The van der Waals surface area contributed by atoms with E-state index in [0.717, 1.165) is 36.2 Å². The number of tetrazole rings is 1. The highest BCUT2D eigenvalue weighted by molar-refractivity contribution is 5.80.